The van der Waals surface area contributed by atoms with Gasteiger partial charge in [0.25, 0.3) is 0 Å². The van der Waals surface area contributed by atoms with Gasteiger partial charge in [0, 0.05) is 12.1 Å². The second-order valence-corrected chi connectivity index (χ2v) is 9.20. The van der Waals surface area contributed by atoms with Crippen LogP contribution in [0, 0.1) is 17.8 Å². The molecule has 7 heteroatoms. The molecule has 0 spiro atoms. The Morgan fingerprint density at radius 1 is 1.08 bits per heavy atom. The molecule has 3 N–H and O–H groups in total. The van der Waals surface area contributed by atoms with Crippen LogP contribution in [-0.2, 0) is 10.4 Å². The van der Waals surface area contributed by atoms with Crippen LogP contribution in [-0.4, -0.2) is 30.2 Å². The number of benzene rings is 1. The van der Waals surface area contributed by atoms with E-state index in [1.807, 2.05) is 0 Å². The van der Waals surface area contributed by atoms with Crippen molar-refractivity contribution in [1.82, 2.24) is 5.32 Å². The van der Waals surface area contributed by atoms with Crippen LogP contribution in [0.4, 0.5) is 0 Å². The van der Waals surface area contributed by atoms with Crippen LogP contribution < -0.4 is 9.50 Å². The third kappa shape index (κ3) is 3.84. The standard InChI is InChI=1S/C18H25NO5S/c20-17(15-1-3-16(4-2-15)24-25(21,22)23)11-19-18-8-12-5-13(9-18)7-14(6-12)10-18/h1-4,12-14,17,19-20H,5-11H2,(H,21,22,23). The van der Waals surface area contributed by atoms with Crippen LogP contribution in [0.25, 0.3) is 0 Å². The van der Waals surface area contributed by atoms with Gasteiger partial charge in [-0.1, -0.05) is 12.1 Å². The zero-order chi connectivity index (χ0) is 17.7. The minimum atomic E-state index is -4.52. The number of hydrogen-bond donors (Lipinski definition) is 3. The lowest BCUT2D eigenvalue weighted by molar-refractivity contribution is -0.0248. The van der Waals surface area contributed by atoms with Gasteiger partial charge >= 0.3 is 10.4 Å². The number of β-amino-alcohol motifs (C(OH)–C–C–N with tert-alkyl or cyclic N) is 1. The molecule has 0 aromatic heterocycles. The van der Waals surface area contributed by atoms with Crippen molar-refractivity contribution in [3.63, 3.8) is 0 Å². The van der Waals surface area contributed by atoms with Gasteiger partial charge in [0.15, 0.2) is 0 Å². The number of aliphatic hydroxyl groups is 1. The van der Waals surface area contributed by atoms with Gasteiger partial charge in [-0.25, -0.2) is 0 Å². The summed E-state index contributed by atoms with van der Waals surface area (Å²) in [4.78, 5) is 0. The highest BCUT2D eigenvalue weighted by atomic mass is 32.3. The summed E-state index contributed by atoms with van der Waals surface area (Å²) in [7, 11) is -4.52. The summed E-state index contributed by atoms with van der Waals surface area (Å²) in [5.41, 5.74) is 0.893. The highest BCUT2D eigenvalue weighted by Crippen LogP contribution is 2.55. The molecular weight excluding hydrogens is 342 g/mol. The second-order valence-electron chi connectivity index (χ2n) is 8.17. The molecule has 25 heavy (non-hydrogen) atoms. The normalized spacial score (nSPS) is 34.9. The summed E-state index contributed by atoms with van der Waals surface area (Å²) in [6, 6.07) is 6.09. The summed E-state index contributed by atoms with van der Waals surface area (Å²) in [6.07, 6.45) is 7.19. The molecule has 4 fully saturated rings. The quantitative estimate of drug-likeness (QED) is 0.669. The first kappa shape index (κ1) is 17.3. The van der Waals surface area contributed by atoms with Gasteiger partial charge in [-0.2, -0.15) is 8.42 Å². The minimum Gasteiger partial charge on any atom is -0.387 e. The monoisotopic (exact) mass is 367 g/mol. The zero-order valence-electron chi connectivity index (χ0n) is 14.1. The fourth-order valence-electron chi connectivity index (χ4n) is 5.63. The average Bonchev–Trinajstić information content (AvgIpc) is 2.50. The lowest BCUT2D eigenvalue weighted by Gasteiger charge is -2.57. The SMILES string of the molecule is O=S(=O)(O)Oc1ccc(C(O)CNC23CC4CC(CC(C4)C2)C3)cc1. The van der Waals surface area contributed by atoms with Crippen molar-refractivity contribution in [2.45, 2.75) is 50.2 Å². The topological polar surface area (TPSA) is 95.9 Å². The first-order valence-electron chi connectivity index (χ1n) is 9.00. The van der Waals surface area contributed by atoms with Crippen molar-refractivity contribution in [2.24, 2.45) is 17.8 Å². The van der Waals surface area contributed by atoms with Crippen LogP contribution in [0.15, 0.2) is 24.3 Å². The molecule has 0 saturated heterocycles. The first-order chi connectivity index (χ1) is 11.8. The van der Waals surface area contributed by atoms with Crippen molar-refractivity contribution in [3.8, 4) is 5.75 Å². The van der Waals surface area contributed by atoms with E-state index in [-0.39, 0.29) is 11.3 Å². The Kier molecular flexibility index (Phi) is 4.30. The fraction of sp³-hybridized carbons (Fsp3) is 0.667. The summed E-state index contributed by atoms with van der Waals surface area (Å²) in [5.74, 6) is 2.58. The van der Waals surface area contributed by atoms with Gasteiger partial charge in [0.1, 0.15) is 5.75 Å². The van der Waals surface area contributed by atoms with E-state index in [0.717, 1.165) is 17.8 Å². The molecular formula is C18H25NO5S. The van der Waals surface area contributed by atoms with E-state index in [1.54, 1.807) is 12.1 Å². The molecule has 6 nitrogen and oxygen atoms in total. The van der Waals surface area contributed by atoms with Gasteiger partial charge < -0.3 is 14.6 Å². The van der Waals surface area contributed by atoms with Crippen LogP contribution in [0.1, 0.15) is 50.2 Å². The minimum absolute atomic E-state index is 0.0208. The van der Waals surface area contributed by atoms with Gasteiger partial charge in [0.2, 0.25) is 0 Å². The molecule has 138 valence electrons. The number of hydrogen-bond acceptors (Lipinski definition) is 5. The Morgan fingerprint density at radius 2 is 1.60 bits per heavy atom. The van der Waals surface area contributed by atoms with E-state index in [9.17, 15) is 13.5 Å². The molecule has 0 heterocycles. The molecule has 0 aliphatic heterocycles. The summed E-state index contributed by atoms with van der Waals surface area (Å²) in [6.45, 7) is 0.491. The Labute approximate surface area is 148 Å². The van der Waals surface area contributed by atoms with E-state index >= 15 is 0 Å². The molecule has 0 amide bonds. The van der Waals surface area contributed by atoms with Gasteiger partial charge in [-0.05, 0) is 74.0 Å². The van der Waals surface area contributed by atoms with E-state index in [4.69, 9.17) is 4.55 Å². The zero-order valence-corrected chi connectivity index (χ0v) is 14.9. The van der Waals surface area contributed by atoms with Crippen molar-refractivity contribution in [1.29, 1.82) is 0 Å². The third-order valence-electron chi connectivity index (χ3n) is 6.18. The van der Waals surface area contributed by atoms with Gasteiger partial charge in [0.05, 0.1) is 6.10 Å². The Bertz CT molecular complexity index is 695. The van der Waals surface area contributed by atoms with E-state index in [1.165, 1.54) is 50.7 Å². The Morgan fingerprint density at radius 3 is 2.08 bits per heavy atom. The summed E-state index contributed by atoms with van der Waals surface area (Å²) in [5, 5.41) is 14.1. The van der Waals surface area contributed by atoms with Crippen LogP contribution in [0.3, 0.4) is 0 Å². The van der Waals surface area contributed by atoms with Crippen LogP contribution in [0.5, 0.6) is 5.75 Å². The molecule has 1 atom stereocenters. The lowest BCUT2D eigenvalue weighted by atomic mass is 9.53. The molecule has 4 bridgehead atoms. The molecule has 4 aliphatic carbocycles. The van der Waals surface area contributed by atoms with Crippen LogP contribution >= 0.6 is 0 Å². The third-order valence-corrected chi connectivity index (χ3v) is 6.58. The number of rotatable bonds is 6. The number of nitrogens with one attached hydrogen (secondary N) is 1. The van der Waals surface area contributed by atoms with Crippen molar-refractivity contribution in [3.05, 3.63) is 29.8 Å². The van der Waals surface area contributed by atoms with Gasteiger partial charge in [-0.3, -0.25) is 4.55 Å². The lowest BCUT2D eigenvalue weighted by Crippen LogP contribution is -2.59. The van der Waals surface area contributed by atoms with Crippen LogP contribution in [0.2, 0.25) is 0 Å². The molecule has 5 rings (SSSR count). The summed E-state index contributed by atoms with van der Waals surface area (Å²) < 4.78 is 34.5. The van der Waals surface area contributed by atoms with Crippen molar-refractivity contribution >= 4 is 10.4 Å². The maximum atomic E-state index is 10.7. The van der Waals surface area contributed by atoms with E-state index in [0.29, 0.717) is 12.1 Å². The molecule has 1 aromatic rings. The highest BCUT2D eigenvalue weighted by molar-refractivity contribution is 7.81. The molecule has 1 aromatic carbocycles. The van der Waals surface area contributed by atoms with E-state index < -0.39 is 16.5 Å². The molecule has 0 radical (unpaired) electrons. The maximum Gasteiger partial charge on any atom is 0.446 e. The predicted molar refractivity (Wildman–Crippen MR) is 92.5 cm³/mol. The fourth-order valence-corrected chi connectivity index (χ4v) is 5.98. The van der Waals surface area contributed by atoms with Gasteiger partial charge in [-0.15, -0.1) is 0 Å². The maximum absolute atomic E-state index is 10.7. The average molecular weight is 367 g/mol. The molecule has 1 unspecified atom stereocenters. The second kappa shape index (κ2) is 6.23. The Balaban J connectivity index is 1.37. The number of aliphatic hydroxyl groups excluding tert-OH is 1. The van der Waals surface area contributed by atoms with E-state index in [2.05, 4.69) is 9.50 Å². The predicted octanol–water partition coefficient (Wildman–Crippen LogP) is 2.46. The highest BCUT2D eigenvalue weighted by Gasteiger charge is 2.50. The summed E-state index contributed by atoms with van der Waals surface area (Å²) >= 11 is 0. The molecule has 4 aliphatic rings. The van der Waals surface area contributed by atoms with Crippen molar-refractivity contribution < 1.29 is 22.3 Å². The van der Waals surface area contributed by atoms with Crippen molar-refractivity contribution in [2.75, 3.05) is 6.54 Å². The molecule has 4 saturated carbocycles. The Hall–Kier alpha value is -1.15. The largest absolute Gasteiger partial charge is 0.446 e. The smallest absolute Gasteiger partial charge is 0.387 e. The first-order valence-corrected chi connectivity index (χ1v) is 10.4.